The number of benzene rings is 1. The van der Waals surface area contributed by atoms with Crippen LogP contribution in [0.5, 0.6) is 0 Å². The lowest BCUT2D eigenvalue weighted by Crippen LogP contribution is -2.39. The Hall–Kier alpha value is -4.34. The summed E-state index contributed by atoms with van der Waals surface area (Å²) in [5, 5.41) is 4.09. The number of nitrogens with zero attached hydrogens (tertiary/aromatic N) is 4. The van der Waals surface area contributed by atoms with Crippen molar-refractivity contribution in [3.05, 3.63) is 98.8 Å². The largest absolute Gasteiger partial charge is 0.454 e. The maximum Gasteiger partial charge on any atom is 0.330 e. The Kier molecular flexibility index (Phi) is 5.27. The van der Waals surface area contributed by atoms with E-state index in [0.717, 1.165) is 10.5 Å². The molecule has 4 rings (SSSR count). The maximum atomic E-state index is 12.9. The van der Waals surface area contributed by atoms with E-state index in [-0.39, 0.29) is 23.8 Å². The topological polar surface area (TPSA) is 132 Å². The first kappa shape index (κ1) is 20.0. The van der Waals surface area contributed by atoms with Crippen molar-refractivity contribution in [1.29, 1.82) is 0 Å². The molecule has 0 saturated carbocycles. The van der Waals surface area contributed by atoms with Crippen molar-refractivity contribution < 1.29 is 9.21 Å². The van der Waals surface area contributed by atoms with Crippen molar-refractivity contribution in [3.63, 3.8) is 0 Å². The van der Waals surface area contributed by atoms with Crippen LogP contribution in [0.2, 0.25) is 0 Å². The van der Waals surface area contributed by atoms with Gasteiger partial charge >= 0.3 is 5.69 Å². The van der Waals surface area contributed by atoms with E-state index in [1.807, 2.05) is 30.3 Å². The minimum Gasteiger partial charge on any atom is -0.454 e. The lowest BCUT2D eigenvalue weighted by molar-refractivity contribution is 0.0964. The van der Waals surface area contributed by atoms with Crippen molar-refractivity contribution in [2.24, 2.45) is 0 Å². The zero-order valence-corrected chi connectivity index (χ0v) is 16.7. The van der Waals surface area contributed by atoms with Crippen LogP contribution < -0.4 is 21.9 Å². The predicted octanol–water partition coefficient (Wildman–Crippen LogP) is 1.28. The fourth-order valence-electron chi connectivity index (χ4n) is 3.22. The van der Waals surface area contributed by atoms with Crippen molar-refractivity contribution in [2.45, 2.75) is 13.1 Å². The number of hydrogen-bond acceptors (Lipinski definition) is 6. The quantitative estimate of drug-likeness (QED) is 0.483. The van der Waals surface area contributed by atoms with Gasteiger partial charge in [0.15, 0.2) is 11.4 Å². The van der Waals surface area contributed by atoms with Gasteiger partial charge in [-0.15, -0.1) is 0 Å². The van der Waals surface area contributed by atoms with Gasteiger partial charge in [-0.1, -0.05) is 30.3 Å². The molecule has 4 aromatic rings. The molecule has 0 fully saturated rings. The molecule has 0 unspecified atom stereocenters. The number of anilines is 2. The van der Waals surface area contributed by atoms with Gasteiger partial charge in [0.2, 0.25) is 0 Å². The number of hydrogen-bond donors (Lipinski definition) is 2. The molecule has 0 aliphatic heterocycles. The monoisotopic (exact) mass is 420 g/mol. The van der Waals surface area contributed by atoms with E-state index in [1.165, 1.54) is 17.7 Å². The highest BCUT2D eigenvalue weighted by Gasteiger charge is 2.24. The van der Waals surface area contributed by atoms with E-state index in [2.05, 4.69) is 10.1 Å². The number of nitrogens with one attached hydrogen (secondary N) is 1. The second-order valence-electron chi connectivity index (χ2n) is 6.90. The van der Waals surface area contributed by atoms with Gasteiger partial charge in [0.25, 0.3) is 11.5 Å². The molecule has 3 heterocycles. The first-order chi connectivity index (χ1) is 14.9. The third kappa shape index (κ3) is 4.04. The highest BCUT2D eigenvalue weighted by Crippen LogP contribution is 2.20. The van der Waals surface area contributed by atoms with Gasteiger partial charge in [-0.3, -0.25) is 23.8 Å². The van der Waals surface area contributed by atoms with Gasteiger partial charge in [-0.2, -0.15) is 5.10 Å². The third-order valence-corrected chi connectivity index (χ3v) is 4.79. The average molecular weight is 420 g/mol. The maximum absolute atomic E-state index is 12.9. The molecule has 0 spiro atoms. The fraction of sp³-hybridized carbons (Fsp3) is 0.143. The Balaban J connectivity index is 1.63. The summed E-state index contributed by atoms with van der Waals surface area (Å²) in [6.45, 7) is 0.501. The summed E-state index contributed by atoms with van der Waals surface area (Å²) in [5.74, 6) is -0.133. The molecule has 1 aromatic carbocycles. The molecule has 0 aliphatic carbocycles. The van der Waals surface area contributed by atoms with E-state index in [0.29, 0.717) is 12.3 Å². The van der Waals surface area contributed by atoms with Crippen LogP contribution in [0.1, 0.15) is 21.9 Å². The molecule has 0 bridgehead atoms. The van der Waals surface area contributed by atoms with Crippen LogP contribution in [0.4, 0.5) is 11.5 Å². The number of nitrogens with two attached hydrogens (primary N) is 1. The zero-order valence-electron chi connectivity index (χ0n) is 16.7. The highest BCUT2D eigenvalue weighted by molar-refractivity contribution is 6.05. The zero-order chi connectivity index (χ0) is 22.0. The molecule has 0 atom stereocenters. The first-order valence-electron chi connectivity index (χ1n) is 9.44. The van der Waals surface area contributed by atoms with Crippen molar-refractivity contribution in [2.75, 3.05) is 17.7 Å². The molecule has 3 aromatic heterocycles. The number of carbonyl (C=O) groups excluding carboxylic acids is 1. The summed E-state index contributed by atoms with van der Waals surface area (Å²) < 4.78 is 8.48. The Morgan fingerprint density at radius 1 is 1.13 bits per heavy atom. The number of aromatic nitrogens is 4. The minimum atomic E-state index is -0.758. The summed E-state index contributed by atoms with van der Waals surface area (Å²) in [6, 6.07) is 14.1. The average Bonchev–Trinajstić information content (AvgIpc) is 3.44. The van der Waals surface area contributed by atoms with Gasteiger partial charge in [-0.05, 0) is 23.8 Å². The van der Waals surface area contributed by atoms with Gasteiger partial charge in [-0.25, -0.2) is 4.79 Å². The summed E-state index contributed by atoms with van der Waals surface area (Å²) in [4.78, 5) is 41.0. The molecule has 3 N–H and O–H groups in total. The molecule has 1 amide bonds. The standard InChI is InChI=1S/C21H20N6O4/c1-25(20(29)16-9-8-15(31-16)13-26-11-5-10-23-26)17-18(22)27(21(30)24-19(17)28)12-14-6-3-2-4-7-14/h2-11H,12-13,22H2,1H3,(H,24,28,30). The van der Waals surface area contributed by atoms with Gasteiger partial charge in [0.05, 0.1) is 13.1 Å². The molecule has 0 radical (unpaired) electrons. The van der Waals surface area contributed by atoms with Crippen LogP contribution in [-0.4, -0.2) is 32.3 Å². The van der Waals surface area contributed by atoms with Gasteiger partial charge in [0.1, 0.15) is 11.6 Å². The Bertz CT molecular complexity index is 1320. The van der Waals surface area contributed by atoms with Crippen LogP contribution in [-0.2, 0) is 13.1 Å². The molecule has 158 valence electrons. The number of aromatic amines is 1. The van der Waals surface area contributed by atoms with Crippen LogP contribution >= 0.6 is 0 Å². The number of nitrogen functional groups attached to an aromatic ring is 1. The SMILES string of the molecule is CN(C(=O)c1ccc(Cn2cccn2)o1)c1c(N)n(Cc2ccccc2)c(=O)[nH]c1=O. The van der Waals surface area contributed by atoms with Crippen molar-refractivity contribution in [1.82, 2.24) is 19.3 Å². The molecule has 10 heteroatoms. The Morgan fingerprint density at radius 2 is 1.90 bits per heavy atom. The first-order valence-corrected chi connectivity index (χ1v) is 9.44. The predicted molar refractivity (Wildman–Crippen MR) is 114 cm³/mol. The van der Waals surface area contributed by atoms with Gasteiger partial charge in [0, 0.05) is 19.4 Å². The van der Waals surface area contributed by atoms with E-state index in [1.54, 1.807) is 29.2 Å². The Labute approximate surface area is 176 Å². The Morgan fingerprint density at radius 3 is 2.61 bits per heavy atom. The number of amides is 1. The highest BCUT2D eigenvalue weighted by atomic mass is 16.4. The van der Waals surface area contributed by atoms with E-state index in [4.69, 9.17) is 10.2 Å². The molecule has 0 saturated heterocycles. The van der Waals surface area contributed by atoms with Gasteiger partial charge < -0.3 is 15.1 Å². The third-order valence-electron chi connectivity index (χ3n) is 4.79. The fourth-order valence-corrected chi connectivity index (χ4v) is 3.22. The summed E-state index contributed by atoms with van der Waals surface area (Å²) >= 11 is 0. The molecular formula is C21H20N6O4. The number of carbonyl (C=O) groups is 1. The molecule has 31 heavy (non-hydrogen) atoms. The lowest BCUT2D eigenvalue weighted by atomic mass is 10.2. The number of H-pyrrole nitrogens is 1. The summed E-state index contributed by atoms with van der Waals surface area (Å²) in [5.41, 5.74) is 5.42. The summed E-state index contributed by atoms with van der Waals surface area (Å²) in [7, 11) is 1.40. The number of furan rings is 1. The molecule has 0 aliphatic rings. The van der Waals surface area contributed by atoms with Crippen molar-refractivity contribution >= 4 is 17.4 Å². The van der Waals surface area contributed by atoms with E-state index >= 15 is 0 Å². The second-order valence-corrected chi connectivity index (χ2v) is 6.90. The summed E-state index contributed by atoms with van der Waals surface area (Å²) in [6.07, 6.45) is 3.41. The normalized spacial score (nSPS) is 10.9. The lowest BCUT2D eigenvalue weighted by Gasteiger charge is -2.19. The van der Waals surface area contributed by atoms with Crippen LogP contribution in [0.25, 0.3) is 0 Å². The second kappa shape index (κ2) is 8.19. The minimum absolute atomic E-state index is 0.0317. The molecular weight excluding hydrogens is 400 g/mol. The van der Waals surface area contributed by atoms with Crippen LogP contribution in [0.3, 0.4) is 0 Å². The van der Waals surface area contributed by atoms with Crippen LogP contribution in [0.15, 0.2) is 74.9 Å². The van der Waals surface area contributed by atoms with Crippen LogP contribution in [0, 0.1) is 0 Å². The van der Waals surface area contributed by atoms with E-state index < -0.39 is 17.2 Å². The number of rotatable bonds is 6. The molecule has 10 nitrogen and oxygen atoms in total. The van der Waals surface area contributed by atoms with Crippen molar-refractivity contribution in [3.8, 4) is 0 Å². The smallest absolute Gasteiger partial charge is 0.330 e. The van der Waals surface area contributed by atoms with E-state index in [9.17, 15) is 14.4 Å².